The van der Waals surface area contributed by atoms with Gasteiger partial charge < -0.3 is 9.16 Å². The number of hydrogen-bond donors (Lipinski definition) is 0. The number of aromatic nitrogens is 2. The van der Waals surface area contributed by atoms with Gasteiger partial charge in [-0.1, -0.05) is 20.8 Å². The maximum atomic E-state index is 6.10. The second-order valence-corrected chi connectivity index (χ2v) is 11.9. The molecular formula is C13H25BrN2O2Si. The molecule has 0 aliphatic heterocycles. The van der Waals surface area contributed by atoms with E-state index in [0.29, 0.717) is 6.61 Å². The van der Waals surface area contributed by atoms with Crippen molar-refractivity contribution in [2.24, 2.45) is 7.05 Å². The number of ether oxygens (including phenoxy) is 1. The van der Waals surface area contributed by atoms with Gasteiger partial charge >= 0.3 is 0 Å². The van der Waals surface area contributed by atoms with Crippen molar-refractivity contribution in [2.45, 2.75) is 45.3 Å². The third kappa shape index (κ3) is 4.61. The van der Waals surface area contributed by atoms with Gasteiger partial charge in [0.1, 0.15) is 0 Å². The van der Waals surface area contributed by atoms with Crippen molar-refractivity contribution in [3.05, 3.63) is 10.7 Å². The Kier molecular flexibility index (Phi) is 5.64. The quantitative estimate of drug-likeness (QED) is 0.576. The molecule has 1 aromatic rings. The zero-order valence-corrected chi connectivity index (χ0v) is 15.4. The minimum Gasteiger partial charge on any atom is -0.477 e. The molecule has 1 aromatic heterocycles. The maximum absolute atomic E-state index is 6.10. The Balaban J connectivity index is 2.29. The Labute approximate surface area is 125 Å². The summed E-state index contributed by atoms with van der Waals surface area (Å²) in [6.07, 6.45) is 2.63. The van der Waals surface area contributed by atoms with E-state index in [1.165, 1.54) is 0 Å². The lowest BCUT2D eigenvalue weighted by molar-refractivity contribution is 0.223. The van der Waals surface area contributed by atoms with Crippen molar-refractivity contribution >= 4 is 24.2 Å². The van der Waals surface area contributed by atoms with Crippen molar-refractivity contribution in [1.82, 2.24) is 9.78 Å². The third-order valence-electron chi connectivity index (χ3n) is 3.64. The van der Waals surface area contributed by atoms with E-state index in [9.17, 15) is 0 Å². The molecule has 1 rings (SSSR count). The Morgan fingerprint density at radius 3 is 2.42 bits per heavy atom. The third-order valence-corrected chi connectivity index (χ3v) is 8.72. The van der Waals surface area contributed by atoms with Gasteiger partial charge in [0.2, 0.25) is 5.88 Å². The number of rotatable bonds is 6. The van der Waals surface area contributed by atoms with Crippen LogP contribution in [0.2, 0.25) is 18.1 Å². The van der Waals surface area contributed by atoms with E-state index in [4.69, 9.17) is 9.16 Å². The molecule has 0 aliphatic rings. The van der Waals surface area contributed by atoms with E-state index in [1.807, 2.05) is 7.05 Å². The van der Waals surface area contributed by atoms with Crippen molar-refractivity contribution in [2.75, 3.05) is 13.2 Å². The zero-order chi connectivity index (χ0) is 14.7. The van der Waals surface area contributed by atoms with Gasteiger partial charge in [-0.3, -0.25) is 0 Å². The topological polar surface area (TPSA) is 36.3 Å². The SMILES string of the molecule is Cn1ncc(Br)c1OCCCO[Si](C)(C)C(C)(C)C. The monoisotopic (exact) mass is 348 g/mol. The molecule has 19 heavy (non-hydrogen) atoms. The summed E-state index contributed by atoms with van der Waals surface area (Å²) in [6, 6.07) is 0. The van der Waals surface area contributed by atoms with Gasteiger partial charge in [-0.05, 0) is 34.1 Å². The van der Waals surface area contributed by atoms with Crippen LogP contribution < -0.4 is 4.74 Å². The highest BCUT2D eigenvalue weighted by atomic mass is 79.9. The first-order valence-corrected chi connectivity index (χ1v) is 10.3. The molecule has 0 amide bonds. The number of hydrogen-bond acceptors (Lipinski definition) is 3. The van der Waals surface area contributed by atoms with Crippen LogP contribution in [0.25, 0.3) is 0 Å². The summed E-state index contributed by atoms with van der Waals surface area (Å²) in [4.78, 5) is 0. The summed E-state index contributed by atoms with van der Waals surface area (Å²) in [7, 11) is 0.242. The molecule has 0 bridgehead atoms. The highest BCUT2D eigenvalue weighted by Crippen LogP contribution is 2.36. The van der Waals surface area contributed by atoms with Gasteiger partial charge in [0.25, 0.3) is 0 Å². The van der Waals surface area contributed by atoms with Crippen LogP contribution in [-0.2, 0) is 11.5 Å². The predicted octanol–water partition coefficient (Wildman–Crippen LogP) is 3.97. The van der Waals surface area contributed by atoms with Crippen molar-refractivity contribution < 1.29 is 9.16 Å². The van der Waals surface area contributed by atoms with Crippen LogP contribution in [0.1, 0.15) is 27.2 Å². The van der Waals surface area contributed by atoms with Crippen molar-refractivity contribution in [3.8, 4) is 5.88 Å². The molecule has 1 heterocycles. The standard InChI is InChI=1S/C13H25BrN2O2Si/c1-13(2,3)19(5,6)18-9-7-8-17-12-11(14)10-15-16(12)4/h10H,7-9H2,1-6H3. The van der Waals surface area contributed by atoms with Gasteiger partial charge in [0, 0.05) is 20.1 Å². The second-order valence-electron chi connectivity index (χ2n) is 6.23. The van der Waals surface area contributed by atoms with Gasteiger partial charge in [-0.2, -0.15) is 5.10 Å². The highest BCUT2D eigenvalue weighted by Gasteiger charge is 2.36. The molecule has 0 aliphatic carbocycles. The van der Waals surface area contributed by atoms with Crippen LogP contribution in [0, 0.1) is 0 Å². The molecule has 0 unspecified atom stereocenters. The molecule has 0 radical (unpaired) electrons. The minimum absolute atomic E-state index is 0.263. The van der Waals surface area contributed by atoms with Gasteiger partial charge in [-0.15, -0.1) is 0 Å². The largest absolute Gasteiger partial charge is 0.477 e. The Morgan fingerprint density at radius 1 is 1.32 bits per heavy atom. The lowest BCUT2D eigenvalue weighted by Gasteiger charge is -2.36. The van der Waals surface area contributed by atoms with Crippen LogP contribution in [0.5, 0.6) is 5.88 Å². The van der Waals surface area contributed by atoms with Gasteiger partial charge in [0.15, 0.2) is 8.32 Å². The Hall–Kier alpha value is -0.333. The van der Waals surface area contributed by atoms with Crippen LogP contribution in [0.15, 0.2) is 10.7 Å². The summed E-state index contributed by atoms with van der Waals surface area (Å²) in [6.45, 7) is 12.7. The van der Waals surface area contributed by atoms with Crippen molar-refractivity contribution in [1.29, 1.82) is 0 Å². The summed E-state index contributed by atoms with van der Waals surface area (Å²) in [5.74, 6) is 0.771. The maximum Gasteiger partial charge on any atom is 0.226 e. The Morgan fingerprint density at radius 2 is 1.95 bits per heavy atom. The van der Waals surface area contributed by atoms with Gasteiger partial charge in [-0.25, -0.2) is 4.68 Å². The highest BCUT2D eigenvalue weighted by molar-refractivity contribution is 9.10. The molecule has 0 fully saturated rings. The van der Waals surface area contributed by atoms with E-state index in [1.54, 1.807) is 10.9 Å². The fourth-order valence-electron chi connectivity index (χ4n) is 1.33. The molecule has 0 N–H and O–H groups in total. The van der Waals surface area contributed by atoms with E-state index in [-0.39, 0.29) is 5.04 Å². The van der Waals surface area contributed by atoms with E-state index in [0.717, 1.165) is 23.4 Å². The Bertz CT molecular complexity index is 394. The lowest BCUT2D eigenvalue weighted by Crippen LogP contribution is -2.41. The molecule has 0 aromatic carbocycles. The smallest absolute Gasteiger partial charge is 0.226 e. The molecular weight excluding hydrogens is 324 g/mol. The zero-order valence-electron chi connectivity index (χ0n) is 12.8. The molecule has 110 valence electrons. The molecule has 6 heteroatoms. The number of nitrogens with zero attached hydrogens (tertiary/aromatic N) is 2. The van der Waals surface area contributed by atoms with Crippen LogP contribution in [-0.4, -0.2) is 31.3 Å². The number of halogens is 1. The summed E-state index contributed by atoms with van der Waals surface area (Å²) in [5, 5.41) is 4.37. The average Bonchev–Trinajstić information content (AvgIpc) is 2.58. The molecule has 0 atom stereocenters. The van der Waals surface area contributed by atoms with Gasteiger partial charge in [0.05, 0.1) is 17.3 Å². The van der Waals surface area contributed by atoms with E-state index < -0.39 is 8.32 Å². The van der Waals surface area contributed by atoms with Crippen LogP contribution >= 0.6 is 15.9 Å². The summed E-state index contributed by atoms with van der Waals surface area (Å²) < 4.78 is 14.4. The molecule has 0 saturated carbocycles. The minimum atomic E-state index is -1.63. The first-order chi connectivity index (χ1) is 8.65. The first kappa shape index (κ1) is 16.7. The second kappa shape index (κ2) is 6.41. The number of aryl methyl sites for hydroxylation is 1. The normalized spacial score (nSPS) is 12.8. The van der Waals surface area contributed by atoms with E-state index >= 15 is 0 Å². The fourth-order valence-corrected chi connectivity index (χ4v) is 2.88. The van der Waals surface area contributed by atoms with Crippen LogP contribution in [0.4, 0.5) is 0 Å². The fraction of sp³-hybridized carbons (Fsp3) is 0.769. The molecule has 4 nitrogen and oxygen atoms in total. The summed E-state index contributed by atoms with van der Waals surface area (Å²) >= 11 is 3.41. The first-order valence-electron chi connectivity index (χ1n) is 6.59. The van der Waals surface area contributed by atoms with Crippen LogP contribution in [0.3, 0.4) is 0 Å². The molecule has 0 saturated heterocycles. The average molecular weight is 349 g/mol. The van der Waals surface area contributed by atoms with E-state index in [2.05, 4.69) is 54.9 Å². The van der Waals surface area contributed by atoms with Crippen molar-refractivity contribution in [3.63, 3.8) is 0 Å². The molecule has 0 spiro atoms. The lowest BCUT2D eigenvalue weighted by atomic mass is 10.2. The predicted molar refractivity (Wildman–Crippen MR) is 84.2 cm³/mol. The summed E-state index contributed by atoms with van der Waals surface area (Å²) in [5.41, 5.74) is 0.